The van der Waals surface area contributed by atoms with Crippen molar-refractivity contribution in [1.29, 1.82) is 0 Å². The Bertz CT molecular complexity index is 837. The first-order valence-electron chi connectivity index (χ1n) is 6.58. The monoisotopic (exact) mass is 398 g/mol. The molecule has 0 bridgehead atoms. The van der Waals surface area contributed by atoms with Crippen LogP contribution in [0.3, 0.4) is 0 Å². The summed E-state index contributed by atoms with van der Waals surface area (Å²) in [6, 6.07) is 11.3. The Kier molecular flexibility index (Phi) is 5.27. The molecule has 2 aromatic rings. The van der Waals surface area contributed by atoms with Gasteiger partial charge in [-0.25, -0.2) is 8.42 Å². The number of carbonyl (C=O) groups excluding carboxylic acids is 1. The third-order valence-electron chi connectivity index (χ3n) is 2.96. The standard InChI is InChI=1S/C15H15BrN2O4S/c1-23(21,22)18-13-5-3-2-4-10(13)9-17-15(20)12-7-6-11(16)8-14(12)19/h2-8,18-19H,9H2,1H3,(H,17,20). The van der Waals surface area contributed by atoms with E-state index in [1.165, 1.54) is 12.1 Å². The summed E-state index contributed by atoms with van der Waals surface area (Å²) in [5.41, 5.74) is 1.15. The Hall–Kier alpha value is -2.06. The Morgan fingerprint density at radius 3 is 2.57 bits per heavy atom. The summed E-state index contributed by atoms with van der Waals surface area (Å²) in [6.45, 7) is 0.118. The molecule has 0 aliphatic heterocycles. The molecule has 0 aliphatic carbocycles. The Morgan fingerprint density at radius 1 is 1.22 bits per heavy atom. The van der Waals surface area contributed by atoms with Gasteiger partial charge in [0, 0.05) is 11.0 Å². The van der Waals surface area contributed by atoms with E-state index in [9.17, 15) is 18.3 Å². The molecule has 2 rings (SSSR count). The SMILES string of the molecule is CS(=O)(=O)Nc1ccccc1CNC(=O)c1ccc(Br)cc1O. The average molecular weight is 399 g/mol. The van der Waals surface area contributed by atoms with Gasteiger partial charge in [-0.15, -0.1) is 0 Å². The first-order valence-corrected chi connectivity index (χ1v) is 9.27. The number of hydrogen-bond donors (Lipinski definition) is 3. The van der Waals surface area contributed by atoms with Crippen molar-refractivity contribution in [2.75, 3.05) is 11.0 Å². The minimum Gasteiger partial charge on any atom is -0.507 e. The summed E-state index contributed by atoms with van der Waals surface area (Å²) in [7, 11) is -3.41. The van der Waals surface area contributed by atoms with Gasteiger partial charge in [-0.3, -0.25) is 9.52 Å². The number of para-hydroxylation sites is 1. The van der Waals surface area contributed by atoms with Gasteiger partial charge in [0.1, 0.15) is 5.75 Å². The molecule has 2 aromatic carbocycles. The molecule has 0 saturated heterocycles. The highest BCUT2D eigenvalue weighted by Gasteiger charge is 2.12. The summed E-state index contributed by atoms with van der Waals surface area (Å²) in [5.74, 6) is -0.594. The predicted octanol–water partition coefficient (Wildman–Crippen LogP) is 2.46. The fourth-order valence-corrected chi connectivity index (χ4v) is 2.89. The first-order chi connectivity index (χ1) is 10.8. The van der Waals surface area contributed by atoms with E-state index in [-0.39, 0.29) is 17.9 Å². The number of carbonyl (C=O) groups is 1. The molecule has 8 heteroatoms. The Morgan fingerprint density at radius 2 is 1.91 bits per heavy atom. The molecule has 0 radical (unpaired) electrons. The first kappa shape index (κ1) is 17.3. The lowest BCUT2D eigenvalue weighted by Gasteiger charge is -2.12. The van der Waals surface area contributed by atoms with Gasteiger partial charge < -0.3 is 10.4 Å². The third-order valence-corrected chi connectivity index (χ3v) is 4.04. The molecule has 0 fully saturated rings. The number of rotatable bonds is 5. The summed E-state index contributed by atoms with van der Waals surface area (Å²) >= 11 is 3.20. The van der Waals surface area contributed by atoms with Crippen LogP contribution in [-0.2, 0) is 16.6 Å². The highest BCUT2D eigenvalue weighted by molar-refractivity contribution is 9.10. The highest BCUT2D eigenvalue weighted by atomic mass is 79.9. The molecule has 3 N–H and O–H groups in total. The van der Waals surface area contributed by atoms with Gasteiger partial charge in [-0.2, -0.15) is 0 Å². The van der Waals surface area contributed by atoms with Gasteiger partial charge in [0.15, 0.2) is 0 Å². The molecule has 122 valence electrons. The molecule has 23 heavy (non-hydrogen) atoms. The lowest BCUT2D eigenvalue weighted by atomic mass is 10.1. The van der Waals surface area contributed by atoms with E-state index >= 15 is 0 Å². The van der Waals surface area contributed by atoms with E-state index in [1.54, 1.807) is 30.3 Å². The molecule has 0 unspecified atom stereocenters. The maximum Gasteiger partial charge on any atom is 0.255 e. The molecule has 0 aromatic heterocycles. The van der Waals surface area contributed by atoms with Crippen LogP contribution in [0.2, 0.25) is 0 Å². The second-order valence-electron chi connectivity index (χ2n) is 4.88. The summed E-state index contributed by atoms with van der Waals surface area (Å²) in [5, 5.41) is 12.4. The number of hydrogen-bond acceptors (Lipinski definition) is 4. The van der Waals surface area contributed by atoms with Crippen molar-refractivity contribution in [3.05, 3.63) is 58.1 Å². The number of aromatic hydroxyl groups is 1. The van der Waals surface area contributed by atoms with Crippen LogP contribution in [0.5, 0.6) is 5.75 Å². The lowest BCUT2D eigenvalue weighted by molar-refractivity contribution is 0.0948. The molecule has 1 amide bonds. The van der Waals surface area contributed by atoms with E-state index in [4.69, 9.17) is 0 Å². The molecular formula is C15H15BrN2O4S. The average Bonchev–Trinajstić information content (AvgIpc) is 2.44. The van der Waals surface area contributed by atoms with E-state index in [2.05, 4.69) is 26.0 Å². The summed E-state index contributed by atoms with van der Waals surface area (Å²) < 4.78 is 25.8. The van der Waals surface area contributed by atoms with Crippen molar-refractivity contribution in [1.82, 2.24) is 5.32 Å². The number of anilines is 1. The van der Waals surface area contributed by atoms with Crippen LogP contribution in [0.15, 0.2) is 46.9 Å². The zero-order valence-corrected chi connectivity index (χ0v) is 14.6. The van der Waals surface area contributed by atoms with Crippen LogP contribution in [0, 0.1) is 0 Å². The fraction of sp³-hybridized carbons (Fsp3) is 0.133. The lowest BCUT2D eigenvalue weighted by Crippen LogP contribution is -2.23. The molecular weight excluding hydrogens is 384 g/mol. The maximum absolute atomic E-state index is 12.1. The molecule has 0 spiro atoms. The Labute approximate surface area is 142 Å². The van der Waals surface area contributed by atoms with Crippen LogP contribution >= 0.6 is 15.9 Å². The maximum atomic E-state index is 12.1. The van der Waals surface area contributed by atoms with Crippen LogP contribution < -0.4 is 10.0 Å². The van der Waals surface area contributed by atoms with Gasteiger partial charge in [-0.05, 0) is 29.8 Å². The van der Waals surface area contributed by atoms with Crippen LogP contribution in [0.4, 0.5) is 5.69 Å². The van der Waals surface area contributed by atoms with E-state index < -0.39 is 15.9 Å². The quantitative estimate of drug-likeness (QED) is 0.720. The second-order valence-corrected chi connectivity index (χ2v) is 7.54. The van der Waals surface area contributed by atoms with Gasteiger partial charge in [0.2, 0.25) is 10.0 Å². The number of benzene rings is 2. The molecule has 6 nitrogen and oxygen atoms in total. The van der Waals surface area contributed by atoms with Crippen molar-refractivity contribution in [2.45, 2.75) is 6.54 Å². The minimum atomic E-state index is -3.41. The number of phenols is 1. The second kappa shape index (κ2) is 7.01. The van der Waals surface area contributed by atoms with Crippen molar-refractivity contribution in [2.24, 2.45) is 0 Å². The number of sulfonamides is 1. The molecule has 0 saturated carbocycles. The minimum absolute atomic E-state index is 0.118. The Balaban J connectivity index is 2.13. The van der Waals surface area contributed by atoms with E-state index in [1.807, 2.05) is 0 Å². The molecule has 0 aliphatic rings. The van der Waals surface area contributed by atoms with Crippen molar-refractivity contribution >= 4 is 37.5 Å². The van der Waals surface area contributed by atoms with Crippen LogP contribution in [-0.4, -0.2) is 25.7 Å². The smallest absolute Gasteiger partial charge is 0.255 e. The van der Waals surface area contributed by atoms with Gasteiger partial charge >= 0.3 is 0 Å². The zero-order chi connectivity index (χ0) is 17.0. The van der Waals surface area contributed by atoms with Gasteiger partial charge in [-0.1, -0.05) is 34.1 Å². The summed E-state index contributed by atoms with van der Waals surface area (Å²) in [4.78, 5) is 12.1. The fourth-order valence-electron chi connectivity index (χ4n) is 1.94. The van der Waals surface area contributed by atoms with Crippen LogP contribution in [0.1, 0.15) is 15.9 Å². The predicted molar refractivity (Wildman–Crippen MR) is 91.9 cm³/mol. The summed E-state index contributed by atoms with van der Waals surface area (Å²) in [6.07, 6.45) is 1.06. The van der Waals surface area contributed by atoms with E-state index in [0.29, 0.717) is 15.7 Å². The van der Waals surface area contributed by atoms with Gasteiger partial charge in [0.25, 0.3) is 5.91 Å². The normalized spacial score (nSPS) is 11.0. The highest BCUT2D eigenvalue weighted by Crippen LogP contribution is 2.22. The number of amides is 1. The van der Waals surface area contributed by atoms with E-state index in [0.717, 1.165) is 6.26 Å². The number of halogens is 1. The third kappa shape index (κ3) is 4.97. The zero-order valence-electron chi connectivity index (χ0n) is 12.2. The van der Waals surface area contributed by atoms with Crippen molar-refractivity contribution in [3.63, 3.8) is 0 Å². The number of phenolic OH excluding ortho intramolecular Hbond substituents is 1. The molecule has 0 heterocycles. The van der Waals surface area contributed by atoms with Crippen molar-refractivity contribution in [3.8, 4) is 5.75 Å². The topological polar surface area (TPSA) is 95.5 Å². The number of nitrogens with one attached hydrogen (secondary N) is 2. The van der Waals surface area contributed by atoms with Crippen molar-refractivity contribution < 1.29 is 18.3 Å². The molecule has 0 atom stereocenters. The largest absolute Gasteiger partial charge is 0.507 e. The van der Waals surface area contributed by atoms with Gasteiger partial charge in [0.05, 0.1) is 17.5 Å². The van der Waals surface area contributed by atoms with Crippen LogP contribution in [0.25, 0.3) is 0 Å².